The van der Waals surface area contributed by atoms with Gasteiger partial charge in [-0.25, -0.2) is 14.5 Å². The number of fused-ring (bicyclic) bond motifs is 1. The van der Waals surface area contributed by atoms with Crippen molar-refractivity contribution < 1.29 is 14.3 Å². The zero-order valence-corrected chi connectivity index (χ0v) is 27.3. The molecule has 10 nitrogen and oxygen atoms in total. The van der Waals surface area contributed by atoms with E-state index in [0.717, 1.165) is 59.2 Å². The SMILES string of the molecule is Cc1ccc(-n2nc(C(C)(C)C)cc2NC(=O)Nc2ccc(OCc3ccnc(NC(=O)CN4CCCC4)c3)c3ccccc23)cc1. The number of nitrogens with one attached hydrogen (secondary N) is 3. The first-order valence-corrected chi connectivity index (χ1v) is 16.0. The third-order valence-corrected chi connectivity index (χ3v) is 8.18. The lowest BCUT2D eigenvalue weighted by Gasteiger charge is -2.15. The van der Waals surface area contributed by atoms with Gasteiger partial charge in [0.25, 0.3) is 0 Å². The van der Waals surface area contributed by atoms with Gasteiger partial charge in [0.2, 0.25) is 5.91 Å². The van der Waals surface area contributed by atoms with Crippen molar-refractivity contribution >= 4 is 40.0 Å². The van der Waals surface area contributed by atoms with Crippen LogP contribution in [0.5, 0.6) is 5.75 Å². The summed E-state index contributed by atoms with van der Waals surface area (Å²) in [5.41, 5.74) is 4.20. The van der Waals surface area contributed by atoms with Gasteiger partial charge in [-0.1, -0.05) is 62.7 Å². The van der Waals surface area contributed by atoms with E-state index in [9.17, 15) is 9.59 Å². The highest BCUT2D eigenvalue weighted by Crippen LogP contribution is 2.33. The number of nitrogens with zero attached hydrogens (tertiary/aromatic N) is 4. The second-order valence-corrected chi connectivity index (χ2v) is 13.0. The van der Waals surface area contributed by atoms with Gasteiger partial charge in [-0.15, -0.1) is 0 Å². The van der Waals surface area contributed by atoms with Crippen molar-refractivity contribution in [2.75, 3.05) is 35.6 Å². The highest BCUT2D eigenvalue weighted by molar-refractivity contribution is 6.07. The van der Waals surface area contributed by atoms with Gasteiger partial charge in [0.1, 0.15) is 24.0 Å². The first-order valence-electron chi connectivity index (χ1n) is 16.0. The molecule has 47 heavy (non-hydrogen) atoms. The standard InChI is InChI=1S/C37H41N7O3/c1-25-11-13-27(14-12-25)44-34(22-32(42-44)37(2,3)4)41-36(46)39-30-15-16-31(29-10-6-5-9-28(29)30)47-24-26-17-18-38-33(21-26)40-35(45)23-43-19-7-8-20-43/h5-6,9-18,21-22H,7-8,19-20,23-24H2,1-4H3,(H,38,40,45)(H2,39,41,46). The van der Waals surface area contributed by atoms with Gasteiger partial charge in [0, 0.05) is 28.5 Å². The van der Waals surface area contributed by atoms with Crippen molar-refractivity contribution in [2.24, 2.45) is 0 Å². The fraction of sp³-hybridized carbons (Fsp3) is 0.297. The summed E-state index contributed by atoms with van der Waals surface area (Å²) in [5, 5.41) is 15.5. The molecule has 0 unspecified atom stereocenters. The summed E-state index contributed by atoms with van der Waals surface area (Å²) in [6.45, 7) is 10.9. The number of carbonyl (C=O) groups is 2. The van der Waals surface area contributed by atoms with E-state index >= 15 is 0 Å². The highest BCUT2D eigenvalue weighted by Gasteiger charge is 2.22. The van der Waals surface area contributed by atoms with Gasteiger partial charge in [0.15, 0.2) is 0 Å². The largest absolute Gasteiger partial charge is 0.488 e. The van der Waals surface area contributed by atoms with Crippen LogP contribution >= 0.6 is 0 Å². The van der Waals surface area contributed by atoms with Crippen LogP contribution in [-0.2, 0) is 16.8 Å². The molecule has 0 spiro atoms. The molecule has 3 N–H and O–H groups in total. The van der Waals surface area contributed by atoms with Gasteiger partial charge in [-0.3, -0.25) is 15.0 Å². The van der Waals surface area contributed by atoms with Crippen LogP contribution in [-0.4, -0.2) is 51.2 Å². The fourth-order valence-corrected chi connectivity index (χ4v) is 5.62. The Kier molecular flexibility index (Phi) is 9.22. The summed E-state index contributed by atoms with van der Waals surface area (Å²) < 4.78 is 8.01. The number of aryl methyl sites for hydroxylation is 1. The van der Waals surface area contributed by atoms with Crippen molar-refractivity contribution in [2.45, 2.75) is 52.6 Å². The maximum absolute atomic E-state index is 13.4. The molecule has 3 heterocycles. The van der Waals surface area contributed by atoms with Crippen molar-refractivity contribution in [1.82, 2.24) is 19.7 Å². The summed E-state index contributed by atoms with van der Waals surface area (Å²) >= 11 is 0. The molecule has 6 rings (SSSR count). The average molecular weight is 632 g/mol. The number of hydrogen-bond donors (Lipinski definition) is 3. The number of carbonyl (C=O) groups excluding carboxylic acids is 2. The molecule has 2 aromatic heterocycles. The topological polar surface area (TPSA) is 113 Å². The summed E-state index contributed by atoms with van der Waals surface area (Å²) in [4.78, 5) is 32.3. The Morgan fingerprint density at radius 1 is 0.872 bits per heavy atom. The van der Waals surface area contributed by atoms with Crippen molar-refractivity contribution in [3.8, 4) is 11.4 Å². The Balaban J connectivity index is 1.15. The average Bonchev–Trinajstić information content (AvgIpc) is 3.71. The Morgan fingerprint density at radius 2 is 1.62 bits per heavy atom. The molecule has 5 aromatic rings. The zero-order chi connectivity index (χ0) is 33.0. The van der Waals surface area contributed by atoms with Crippen LogP contribution < -0.4 is 20.7 Å². The molecule has 0 bridgehead atoms. The third-order valence-electron chi connectivity index (χ3n) is 8.18. The Hall–Kier alpha value is -5.22. The van der Waals surface area contributed by atoms with Gasteiger partial charge in [0.05, 0.1) is 23.6 Å². The lowest BCUT2D eigenvalue weighted by Crippen LogP contribution is -2.31. The van der Waals surface area contributed by atoms with Crippen molar-refractivity contribution in [3.05, 3.63) is 102 Å². The van der Waals surface area contributed by atoms with E-state index in [4.69, 9.17) is 9.84 Å². The van der Waals surface area contributed by atoms with E-state index in [0.29, 0.717) is 29.6 Å². The Bertz CT molecular complexity index is 1890. The van der Waals surface area contributed by atoms with Gasteiger partial charge >= 0.3 is 6.03 Å². The number of benzene rings is 3. The van der Waals surface area contributed by atoms with Crippen LogP contribution in [0.4, 0.5) is 22.1 Å². The molecule has 3 amide bonds. The molecule has 10 heteroatoms. The number of hydrogen-bond acceptors (Lipinski definition) is 6. The monoisotopic (exact) mass is 631 g/mol. The number of aromatic nitrogens is 3. The lowest BCUT2D eigenvalue weighted by molar-refractivity contribution is -0.117. The minimum absolute atomic E-state index is 0.0650. The molecular weight excluding hydrogens is 590 g/mol. The molecule has 0 radical (unpaired) electrons. The first kappa shape index (κ1) is 31.7. The van der Waals surface area contributed by atoms with Crippen molar-refractivity contribution in [1.29, 1.82) is 0 Å². The van der Waals surface area contributed by atoms with Gasteiger partial charge in [-0.05, 0) is 74.8 Å². The molecule has 0 saturated carbocycles. The highest BCUT2D eigenvalue weighted by atomic mass is 16.5. The number of rotatable bonds is 9. The van der Waals surface area contributed by atoms with Crippen LogP contribution in [0.2, 0.25) is 0 Å². The third kappa shape index (κ3) is 7.78. The first-order chi connectivity index (χ1) is 22.6. The maximum Gasteiger partial charge on any atom is 0.324 e. The summed E-state index contributed by atoms with van der Waals surface area (Å²) in [7, 11) is 0. The molecule has 1 aliphatic heterocycles. The van der Waals surface area contributed by atoms with E-state index in [2.05, 4.69) is 46.6 Å². The second-order valence-electron chi connectivity index (χ2n) is 13.0. The van der Waals surface area contributed by atoms with E-state index in [1.54, 1.807) is 10.9 Å². The van der Waals surface area contributed by atoms with Crippen molar-refractivity contribution in [3.63, 3.8) is 0 Å². The minimum atomic E-state index is -0.381. The predicted octanol–water partition coefficient (Wildman–Crippen LogP) is 7.28. The van der Waals surface area contributed by atoms with Gasteiger partial charge < -0.3 is 15.4 Å². The minimum Gasteiger partial charge on any atom is -0.488 e. The lowest BCUT2D eigenvalue weighted by atomic mass is 9.92. The van der Waals surface area contributed by atoms with Crippen LogP contribution in [0.3, 0.4) is 0 Å². The smallest absolute Gasteiger partial charge is 0.324 e. The van der Waals surface area contributed by atoms with E-state index in [1.807, 2.05) is 85.8 Å². The summed E-state index contributed by atoms with van der Waals surface area (Å²) in [5.74, 6) is 1.69. The molecule has 1 fully saturated rings. The normalized spacial score (nSPS) is 13.4. The number of likely N-dealkylation sites (tertiary alicyclic amines) is 1. The van der Waals surface area contributed by atoms with Crippen LogP contribution in [0, 0.1) is 6.92 Å². The van der Waals surface area contributed by atoms with E-state index < -0.39 is 0 Å². The molecule has 0 aliphatic carbocycles. The predicted molar refractivity (Wildman–Crippen MR) is 186 cm³/mol. The summed E-state index contributed by atoms with van der Waals surface area (Å²) in [6.07, 6.45) is 3.94. The fourth-order valence-electron chi connectivity index (χ4n) is 5.62. The van der Waals surface area contributed by atoms with E-state index in [1.165, 1.54) is 0 Å². The summed E-state index contributed by atoms with van der Waals surface area (Å²) in [6, 6.07) is 24.7. The molecule has 242 valence electrons. The zero-order valence-electron chi connectivity index (χ0n) is 27.3. The van der Waals surface area contributed by atoms with Gasteiger partial charge in [-0.2, -0.15) is 5.10 Å². The number of urea groups is 1. The molecule has 1 saturated heterocycles. The Labute approximate surface area is 275 Å². The number of pyridine rings is 1. The number of ether oxygens (including phenoxy) is 1. The Morgan fingerprint density at radius 3 is 2.36 bits per heavy atom. The number of amides is 3. The van der Waals surface area contributed by atoms with Crippen LogP contribution in [0.1, 0.15) is 50.4 Å². The molecule has 1 aliphatic rings. The molecular formula is C37H41N7O3. The molecule has 0 atom stereocenters. The maximum atomic E-state index is 13.4. The van der Waals surface area contributed by atoms with Crippen LogP contribution in [0.15, 0.2) is 85.1 Å². The second kappa shape index (κ2) is 13.6. The van der Waals surface area contributed by atoms with E-state index in [-0.39, 0.29) is 24.0 Å². The van der Waals surface area contributed by atoms with Crippen LogP contribution in [0.25, 0.3) is 16.5 Å². The number of anilines is 3. The quantitative estimate of drug-likeness (QED) is 0.158. The molecule has 3 aromatic carbocycles.